The third-order valence-corrected chi connectivity index (χ3v) is 3.24. The summed E-state index contributed by atoms with van der Waals surface area (Å²) in [4.78, 5) is 25.9. The van der Waals surface area contributed by atoms with Crippen LogP contribution in [0.2, 0.25) is 0 Å². The summed E-state index contributed by atoms with van der Waals surface area (Å²) >= 11 is 0. The SMILES string of the molecule is COc1ccc(N)cc1N1C(=O)c2ccccc2C1=O. The minimum Gasteiger partial charge on any atom is -0.495 e. The summed E-state index contributed by atoms with van der Waals surface area (Å²) in [5, 5.41) is 0. The number of hydrogen-bond acceptors (Lipinski definition) is 4. The van der Waals surface area contributed by atoms with Crippen LogP contribution in [0.15, 0.2) is 42.5 Å². The molecule has 1 aliphatic heterocycles. The Bertz CT molecular complexity index is 690. The molecule has 1 heterocycles. The first-order chi connectivity index (χ1) is 9.63. The molecule has 0 saturated heterocycles. The minimum absolute atomic E-state index is 0.360. The van der Waals surface area contributed by atoms with E-state index in [1.807, 2.05) is 0 Å². The van der Waals surface area contributed by atoms with Gasteiger partial charge in [-0.1, -0.05) is 12.1 Å². The van der Waals surface area contributed by atoms with Crippen molar-refractivity contribution in [2.45, 2.75) is 0 Å². The van der Waals surface area contributed by atoms with Crippen LogP contribution in [0.25, 0.3) is 0 Å². The zero-order valence-electron chi connectivity index (χ0n) is 10.8. The molecule has 0 bridgehead atoms. The Morgan fingerprint density at radius 2 is 1.60 bits per heavy atom. The standard InChI is InChI=1S/C15H12N2O3/c1-20-13-7-6-9(16)8-12(13)17-14(18)10-4-2-3-5-11(10)15(17)19/h2-8H,16H2,1H3. The third kappa shape index (κ3) is 1.64. The van der Waals surface area contributed by atoms with Gasteiger partial charge < -0.3 is 10.5 Å². The molecule has 0 spiro atoms. The molecule has 0 unspecified atom stereocenters. The van der Waals surface area contributed by atoms with E-state index >= 15 is 0 Å². The summed E-state index contributed by atoms with van der Waals surface area (Å²) in [6, 6.07) is 11.6. The number of anilines is 2. The van der Waals surface area contributed by atoms with Gasteiger partial charge >= 0.3 is 0 Å². The molecule has 3 rings (SSSR count). The van der Waals surface area contributed by atoms with E-state index in [9.17, 15) is 9.59 Å². The number of benzene rings is 2. The molecule has 0 saturated carbocycles. The average Bonchev–Trinajstić information content (AvgIpc) is 2.71. The summed E-state index contributed by atoms with van der Waals surface area (Å²) < 4.78 is 5.21. The first-order valence-corrected chi connectivity index (χ1v) is 6.05. The van der Waals surface area contributed by atoms with Crippen molar-refractivity contribution in [1.82, 2.24) is 0 Å². The summed E-state index contributed by atoms with van der Waals surface area (Å²) in [6.45, 7) is 0. The molecular formula is C15H12N2O3. The number of imide groups is 1. The van der Waals surface area contributed by atoms with E-state index in [-0.39, 0.29) is 11.8 Å². The average molecular weight is 268 g/mol. The highest BCUT2D eigenvalue weighted by Gasteiger charge is 2.37. The van der Waals surface area contributed by atoms with Crippen molar-refractivity contribution in [3.05, 3.63) is 53.6 Å². The smallest absolute Gasteiger partial charge is 0.266 e. The molecule has 2 N–H and O–H groups in total. The lowest BCUT2D eigenvalue weighted by Crippen LogP contribution is -2.29. The molecule has 5 heteroatoms. The summed E-state index contributed by atoms with van der Waals surface area (Å²) in [7, 11) is 1.48. The maximum atomic E-state index is 12.4. The number of nitrogens with zero attached hydrogens (tertiary/aromatic N) is 1. The van der Waals surface area contributed by atoms with Gasteiger partial charge in [0.25, 0.3) is 11.8 Å². The molecule has 0 atom stereocenters. The summed E-state index contributed by atoms with van der Waals surface area (Å²) in [5.74, 6) is -0.308. The molecule has 0 aromatic heterocycles. The highest BCUT2D eigenvalue weighted by molar-refractivity contribution is 6.34. The Morgan fingerprint density at radius 3 is 2.15 bits per heavy atom. The quantitative estimate of drug-likeness (QED) is 0.668. The lowest BCUT2D eigenvalue weighted by atomic mass is 10.1. The Morgan fingerprint density at radius 1 is 1.00 bits per heavy atom. The van der Waals surface area contributed by atoms with Crippen LogP contribution < -0.4 is 15.4 Å². The lowest BCUT2D eigenvalue weighted by Gasteiger charge is -2.17. The van der Waals surface area contributed by atoms with E-state index in [2.05, 4.69) is 0 Å². The second kappa shape index (κ2) is 4.38. The fraction of sp³-hybridized carbons (Fsp3) is 0.0667. The Hall–Kier alpha value is -2.82. The number of carbonyl (C=O) groups excluding carboxylic acids is 2. The van der Waals surface area contributed by atoms with Gasteiger partial charge in [0, 0.05) is 5.69 Å². The maximum Gasteiger partial charge on any atom is 0.266 e. The molecule has 2 aromatic carbocycles. The topological polar surface area (TPSA) is 72.6 Å². The zero-order chi connectivity index (χ0) is 14.3. The van der Waals surface area contributed by atoms with E-state index in [0.29, 0.717) is 28.3 Å². The Kier molecular flexibility index (Phi) is 2.68. The van der Waals surface area contributed by atoms with Crippen LogP contribution in [0.1, 0.15) is 20.7 Å². The predicted octanol–water partition coefficient (Wildman–Crippen LogP) is 2.08. The van der Waals surface area contributed by atoms with Gasteiger partial charge in [0.05, 0.1) is 23.9 Å². The van der Waals surface area contributed by atoms with Gasteiger partial charge in [-0.3, -0.25) is 9.59 Å². The van der Waals surface area contributed by atoms with E-state index in [1.165, 1.54) is 7.11 Å². The molecule has 0 fully saturated rings. The molecule has 2 aromatic rings. The van der Waals surface area contributed by atoms with Crippen molar-refractivity contribution in [2.75, 3.05) is 17.7 Å². The highest BCUT2D eigenvalue weighted by atomic mass is 16.5. The Balaban J connectivity index is 2.16. The number of rotatable bonds is 2. The van der Waals surface area contributed by atoms with Crippen molar-refractivity contribution in [3.63, 3.8) is 0 Å². The van der Waals surface area contributed by atoms with Gasteiger partial charge in [0.1, 0.15) is 5.75 Å². The van der Waals surface area contributed by atoms with Gasteiger partial charge in [-0.15, -0.1) is 0 Å². The maximum absolute atomic E-state index is 12.4. The monoisotopic (exact) mass is 268 g/mol. The number of nitrogens with two attached hydrogens (primary N) is 1. The van der Waals surface area contributed by atoms with Crippen molar-refractivity contribution in [2.24, 2.45) is 0 Å². The summed E-state index contributed by atoms with van der Waals surface area (Å²) in [6.07, 6.45) is 0. The zero-order valence-corrected chi connectivity index (χ0v) is 10.8. The normalized spacial score (nSPS) is 13.6. The molecule has 5 nitrogen and oxygen atoms in total. The minimum atomic E-state index is -0.366. The highest BCUT2D eigenvalue weighted by Crippen LogP contribution is 2.35. The van der Waals surface area contributed by atoms with Crippen molar-refractivity contribution in [1.29, 1.82) is 0 Å². The van der Waals surface area contributed by atoms with Crippen molar-refractivity contribution in [3.8, 4) is 5.75 Å². The van der Waals surface area contributed by atoms with Gasteiger partial charge in [-0.05, 0) is 30.3 Å². The van der Waals surface area contributed by atoms with Gasteiger partial charge in [0.15, 0.2) is 0 Å². The second-order valence-corrected chi connectivity index (χ2v) is 4.42. The first-order valence-electron chi connectivity index (χ1n) is 6.05. The van der Waals surface area contributed by atoms with Crippen molar-refractivity contribution < 1.29 is 14.3 Å². The lowest BCUT2D eigenvalue weighted by molar-refractivity contribution is 0.0925. The van der Waals surface area contributed by atoms with Crippen LogP contribution in [0.5, 0.6) is 5.75 Å². The Labute approximate surface area is 115 Å². The molecule has 2 amide bonds. The van der Waals surface area contributed by atoms with Crippen LogP contribution in [0, 0.1) is 0 Å². The van der Waals surface area contributed by atoms with Crippen LogP contribution in [-0.4, -0.2) is 18.9 Å². The molecule has 0 radical (unpaired) electrons. The van der Waals surface area contributed by atoms with Crippen molar-refractivity contribution >= 4 is 23.2 Å². The first kappa shape index (κ1) is 12.2. The number of amides is 2. The summed E-state index contributed by atoms with van der Waals surface area (Å²) in [5.41, 5.74) is 7.34. The fourth-order valence-electron chi connectivity index (χ4n) is 2.29. The van der Waals surface area contributed by atoms with Crippen LogP contribution in [0.4, 0.5) is 11.4 Å². The molecule has 100 valence electrons. The predicted molar refractivity (Wildman–Crippen MR) is 75.0 cm³/mol. The van der Waals surface area contributed by atoms with Crippen LogP contribution in [-0.2, 0) is 0 Å². The molecule has 0 aliphatic carbocycles. The van der Waals surface area contributed by atoms with E-state index < -0.39 is 0 Å². The second-order valence-electron chi connectivity index (χ2n) is 4.42. The molecule has 1 aliphatic rings. The van der Waals surface area contributed by atoms with Gasteiger partial charge in [0.2, 0.25) is 0 Å². The van der Waals surface area contributed by atoms with E-state index in [1.54, 1.807) is 42.5 Å². The van der Waals surface area contributed by atoms with E-state index in [4.69, 9.17) is 10.5 Å². The van der Waals surface area contributed by atoms with Crippen LogP contribution in [0.3, 0.4) is 0 Å². The number of methoxy groups -OCH3 is 1. The largest absolute Gasteiger partial charge is 0.495 e. The number of fused-ring (bicyclic) bond motifs is 1. The van der Waals surface area contributed by atoms with E-state index in [0.717, 1.165) is 4.90 Å². The van der Waals surface area contributed by atoms with Gasteiger partial charge in [-0.25, -0.2) is 4.90 Å². The number of nitrogen functional groups attached to an aromatic ring is 1. The molecular weight excluding hydrogens is 256 g/mol. The fourth-order valence-corrected chi connectivity index (χ4v) is 2.29. The van der Waals surface area contributed by atoms with Crippen LogP contribution >= 0.6 is 0 Å². The van der Waals surface area contributed by atoms with Gasteiger partial charge in [-0.2, -0.15) is 0 Å². The number of carbonyl (C=O) groups is 2. The third-order valence-electron chi connectivity index (χ3n) is 3.24. The number of hydrogen-bond donors (Lipinski definition) is 1. The number of ether oxygens (including phenoxy) is 1. The molecule has 20 heavy (non-hydrogen) atoms.